The third kappa shape index (κ3) is 4.76. The molecule has 6 heteroatoms. The highest BCUT2D eigenvalue weighted by Gasteiger charge is 2.13. The summed E-state index contributed by atoms with van der Waals surface area (Å²) >= 11 is 8.47. The molecule has 1 aromatic rings. The van der Waals surface area contributed by atoms with Crippen LogP contribution in [0.5, 0.6) is 5.75 Å². The number of thiocarbonyl (C=S) groups is 1. The molecule has 1 fully saturated rings. The molecule has 0 saturated heterocycles. The number of phenols is 1. The first-order valence-electron chi connectivity index (χ1n) is 6.73. The van der Waals surface area contributed by atoms with E-state index >= 15 is 0 Å². The summed E-state index contributed by atoms with van der Waals surface area (Å²) in [6.45, 7) is 0. The fourth-order valence-electron chi connectivity index (χ4n) is 2.23. The number of rotatable bonds is 3. The fraction of sp³-hybridized carbons (Fsp3) is 0.429. The van der Waals surface area contributed by atoms with E-state index in [0.29, 0.717) is 15.6 Å². The zero-order chi connectivity index (χ0) is 14.4. The summed E-state index contributed by atoms with van der Waals surface area (Å²) in [7, 11) is 0. The molecule has 4 nitrogen and oxygen atoms in total. The van der Waals surface area contributed by atoms with E-state index in [4.69, 9.17) is 12.2 Å². The number of benzene rings is 1. The Kier molecular flexibility index (Phi) is 5.79. The van der Waals surface area contributed by atoms with Gasteiger partial charge in [-0.2, -0.15) is 5.10 Å². The van der Waals surface area contributed by atoms with Crippen molar-refractivity contribution in [3.05, 3.63) is 28.2 Å². The molecule has 0 bridgehead atoms. The lowest BCUT2D eigenvalue weighted by Gasteiger charge is -2.23. The molecule has 0 amide bonds. The highest BCUT2D eigenvalue weighted by Crippen LogP contribution is 2.23. The highest BCUT2D eigenvalue weighted by molar-refractivity contribution is 9.10. The van der Waals surface area contributed by atoms with Crippen LogP contribution in [0.15, 0.2) is 27.8 Å². The van der Waals surface area contributed by atoms with Gasteiger partial charge in [-0.15, -0.1) is 0 Å². The smallest absolute Gasteiger partial charge is 0.187 e. The molecule has 3 N–H and O–H groups in total. The second-order valence-corrected chi connectivity index (χ2v) is 6.15. The Hall–Kier alpha value is -1.14. The third-order valence-electron chi connectivity index (χ3n) is 3.29. The monoisotopic (exact) mass is 355 g/mol. The van der Waals surface area contributed by atoms with Crippen LogP contribution in [-0.2, 0) is 0 Å². The Labute approximate surface area is 132 Å². The van der Waals surface area contributed by atoms with E-state index in [0.717, 1.165) is 5.56 Å². The zero-order valence-electron chi connectivity index (χ0n) is 11.1. The van der Waals surface area contributed by atoms with E-state index in [1.807, 2.05) is 0 Å². The number of nitrogens with zero attached hydrogens (tertiary/aromatic N) is 1. The van der Waals surface area contributed by atoms with Gasteiger partial charge >= 0.3 is 0 Å². The number of hydrazone groups is 1. The molecule has 108 valence electrons. The summed E-state index contributed by atoms with van der Waals surface area (Å²) in [5.41, 5.74) is 3.70. The quantitative estimate of drug-likeness (QED) is 0.442. The van der Waals surface area contributed by atoms with Crippen molar-refractivity contribution in [1.29, 1.82) is 0 Å². The van der Waals surface area contributed by atoms with Gasteiger partial charge in [0.25, 0.3) is 0 Å². The predicted molar refractivity (Wildman–Crippen MR) is 89.1 cm³/mol. The molecule has 0 aromatic heterocycles. The van der Waals surface area contributed by atoms with Gasteiger partial charge in [0.1, 0.15) is 5.75 Å². The molecule has 0 heterocycles. The first-order valence-corrected chi connectivity index (χ1v) is 7.93. The summed E-state index contributed by atoms with van der Waals surface area (Å²) < 4.78 is 0.643. The topological polar surface area (TPSA) is 56.7 Å². The molecule has 1 aliphatic rings. The van der Waals surface area contributed by atoms with Gasteiger partial charge in [0.15, 0.2) is 5.11 Å². The van der Waals surface area contributed by atoms with E-state index in [1.165, 1.54) is 32.1 Å². The predicted octanol–water partition coefficient (Wildman–Crippen LogP) is 3.29. The maximum Gasteiger partial charge on any atom is 0.187 e. The summed E-state index contributed by atoms with van der Waals surface area (Å²) in [6.07, 6.45) is 7.88. The van der Waals surface area contributed by atoms with Gasteiger partial charge in [0, 0.05) is 6.04 Å². The minimum absolute atomic E-state index is 0.213. The molecule has 1 aromatic carbocycles. The average molecular weight is 356 g/mol. The van der Waals surface area contributed by atoms with E-state index in [2.05, 4.69) is 31.8 Å². The van der Waals surface area contributed by atoms with Gasteiger partial charge < -0.3 is 10.4 Å². The molecule has 1 saturated carbocycles. The Bertz CT molecular complexity index is 501. The van der Waals surface area contributed by atoms with Crippen molar-refractivity contribution in [3.63, 3.8) is 0 Å². The lowest BCUT2D eigenvalue weighted by molar-refractivity contribution is 0.412. The summed E-state index contributed by atoms with van der Waals surface area (Å²) in [5.74, 6) is 0.213. The van der Waals surface area contributed by atoms with Crippen LogP contribution in [0.4, 0.5) is 0 Å². The van der Waals surface area contributed by atoms with Crippen LogP contribution in [0.2, 0.25) is 0 Å². The van der Waals surface area contributed by atoms with Gasteiger partial charge in [-0.3, -0.25) is 5.43 Å². The molecule has 0 aliphatic heterocycles. The van der Waals surface area contributed by atoms with Gasteiger partial charge in [0.2, 0.25) is 0 Å². The van der Waals surface area contributed by atoms with Gasteiger partial charge in [-0.25, -0.2) is 0 Å². The third-order valence-corrected chi connectivity index (χ3v) is 4.14. The number of hydrogen-bond donors (Lipinski definition) is 3. The van der Waals surface area contributed by atoms with Crippen molar-refractivity contribution in [1.82, 2.24) is 10.7 Å². The Morgan fingerprint density at radius 3 is 2.80 bits per heavy atom. The summed E-state index contributed by atoms with van der Waals surface area (Å²) in [6, 6.07) is 5.66. The normalized spacial score (nSPS) is 16.2. The van der Waals surface area contributed by atoms with Gasteiger partial charge in [0.05, 0.1) is 10.7 Å². The van der Waals surface area contributed by atoms with Gasteiger partial charge in [-0.05, 0) is 64.8 Å². The Morgan fingerprint density at radius 2 is 2.10 bits per heavy atom. The van der Waals surface area contributed by atoms with Crippen LogP contribution in [-0.4, -0.2) is 22.5 Å². The second kappa shape index (κ2) is 7.59. The highest BCUT2D eigenvalue weighted by atomic mass is 79.9. The first-order chi connectivity index (χ1) is 9.65. The van der Waals surface area contributed by atoms with Crippen molar-refractivity contribution in [2.24, 2.45) is 5.10 Å². The van der Waals surface area contributed by atoms with Crippen molar-refractivity contribution >= 4 is 39.5 Å². The van der Waals surface area contributed by atoms with Crippen LogP contribution in [0.25, 0.3) is 0 Å². The van der Waals surface area contributed by atoms with Crippen LogP contribution >= 0.6 is 28.1 Å². The second-order valence-electron chi connectivity index (χ2n) is 4.89. The van der Waals surface area contributed by atoms with Crippen molar-refractivity contribution in [2.75, 3.05) is 0 Å². The van der Waals surface area contributed by atoms with Gasteiger partial charge in [-0.1, -0.05) is 19.3 Å². The number of aromatic hydroxyl groups is 1. The zero-order valence-corrected chi connectivity index (χ0v) is 13.5. The van der Waals surface area contributed by atoms with Crippen molar-refractivity contribution in [3.8, 4) is 5.75 Å². The lowest BCUT2D eigenvalue weighted by Crippen LogP contribution is -2.40. The Balaban J connectivity index is 1.79. The minimum atomic E-state index is 0.213. The van der Waals surface area contributed by atoms with Crippen LogP contribution < -0.4 is 10.7 Å². The standard InChI is InChI=1S/C14H18BrN3OS/c15-12-8-10(6-7-13(12)19)9-16-18-14(20)17-11-4-2-1-3-5-11/h6-9,11,19H,1-5H2,(H2,17,18,20)/b16-9+. The molecule has 1 aliphatic carbocycles. The van der Waals surface area contributed by atoms with Crippen molar-refractivity contribution in [2.45, 2.75) is 38.1 Å². The van der Waals surface area contributed by atoms with E-state index in [1.54, 1.807) is 24.4 Å². The first kappa shape index (κ1) is 15.3. The van der Waals surface area contributed by atoms with Crippen LogP contribution in [0.3, 0.4) is 0 Å². The minimum Gasteiger partial charge on any atom is -0.507 e. The molecule has 2 rings (SSSR count). The van der Waals surface area contributed by atoms with Crippen LogP contribution in [0.1, 0.15) is 37.7 Å². The summed E-state index contributed by atoms with van der Waals surface area (Å²) in [4.78, 5) is 0. The van der Waals surface area contributed by atoms with E-state index < -0.39 is 0 Å². The molecule has 0 unspecified atom stereocenters. The maximum atomic E-state index is 9.40. The Morgan fingerprint density at radius 1 is 1.35 bits per heavy atom. The summed E-state index contributed by atoms with van der Waals surface area (Å²) in [5, 5.41) is 17.3. The fourth-order valence-corrected chi connectivity index (χ4v) is 2.85. The molecule has 0 atom stereocenters. The maximum absolute atomic E-state index is 9.40. The van der Waals surface area contributed by atoms with Crippen LogP contribution in [0, 0.1) is 0 Å². The average Bonchev–Trinajstić information content (AvgIpc) is 2.44. The SMILES string of the molecule is Oc1ccc(/C=N/NC(=S)NC2CCCCC2)cc1Br. The number of nitrogens with one attached hydrogen (secondary N) is 2. The number of phenolic OH excluding ortho intramolecular Hbond substituents is 1. The van der Waals surface area contributed by atoms with E-state index in [9.17, 15) is 5.11 Å². The molecule has 0 radical (unpaired) electrons. The molecular weight excluding hydrogens is 338 g/mol. The molecule has 0 spiro atoms. The number of hydrogen-bond acceptors (Lipinski definition) is 3. The van der Waals surface area contributed by atoms with E-state index in [-0.39, 0.29) is 5.75 Å². The largest absolute Gasteiger partial charge is 0.507 e. The lowest BCUT2D eigenvalue weighted by atomic mass is 9.96. The van der Waals surface area contributed by atoms with Crippen molar-refractivity contribution < 1.29 is 5.11 Å². The molecular formula is C14H18BrN3OS. The molecule has 20 heavy (non-hydrogen) atoms. The number of halogens is 1.